The molecule has 2 nitrogen and oxygen atoms in total. The van der Waals surface area contributed by atoms with Gasteiger partial charge in [-0.05, 0) is 11.1 Å². The fraction of sp³-hybridized carbons (Fsp3) is 0.600. The average Bonchev–Trinajstić information content (AvgIpc) is 1.69. The van der Waals surface area contributed by atoms with Crippen LogP contribution in [0.1, 0.15) is 13.8 Å². The van der Waals surface area contributed by atoms with E-state index < -0.39 is 11.1 Å². The summed E-state index contributed by atoms with van der Waals surface area (Å²) in [5.41, 5.74) is 0. The molecular formula is C5H12O2SW. The Morgan fingerprint density at radius 3 is 1.67 bits per heavy atom. The van der Waals surface area contributed by atoms with Crippen LogP contribution in [0.15, 0.2) is 0 Å². The van der Waals surface area contributed by atoms with Crippen molar-refractivity contribution in [1.82, 2.24) is 0 Å². The third kappa shape index (κ3) is 51.9. The Bertz CT molecular complexity index is 58.9. The first-order valence-electron chi connectivity index (χ1n) is 2.18. The summed E-state index contributed by atoms with van der Waals surface area (Å²) in [5.74, 6) is 0. The molecule has 1 unspecified atom stereocenters. The van der Waals surface area contributed by atoms with Crippen LogP contribution in [0.4, 0.5) is 0 Å². The van der Waals surface area contributed by atoms with Crippen LogP contribution < -0.4 is 0 Å². The summed E-state index contributed by atoms with van der Waals surface area (Å²) in [4.78, 5) is 0. The Morgan fingerprint density at radius 2 is 1.67 bits per heavy atom. The molecule has 0 aliphatic heterocycles. The number of hydrogen-bond donors (Lipinski definition) is 0. The first-order valence-corrected chi connectivity index (χ1v) is 3.43. The molecule has 56 valence electrons. The van der Waals surface area contributed by atoms with Gasteiger partial charge in [0.25, 0.3) is 0 Å². The zero-order valence-corrected chi connectivity index (χ0v) is 9.67. The summed E-state index contributed by atoms with van der Waals surface area (Å²) in [6.07, 6.45) is 5.01. The Kier molecular flexibility index (Phi) is 29.0. The van der Waals surface area contributed by atoms with Gasteiger partial charge in [-0.1, -0.05) is 0 Å². The van der Waals surface area contributed by atoms with Crippen LogP contribution in [0.3, 0.4) is 0 Å². The maximum Gasteiger partial charge on any atom is 2.00 e. The second-order valence-electron chi connectivity index (χ2n) is 1.05. The molecular weight excluding hydrogens is 308 g/mol. The fourth-order valence-corrected chi connectivity index (χ4v) is 0. The van der Waals surface area contributed by atoms with Crippen molar-refractivity contribution < 1.29 is 29.5 Å². The van der Waals surface area contributed by atoms with Gasteiger partial charge in [-0.25, -0.2) is 6.26 Å². The van der Waals surface area contributed by atoms with E-state index in [4.69, 9.17) is 0 Å². The fourth-order valence-electron chi connectivity index (χ4n) is 0. The zero-order valence-electron chi connectivity index (χ0n) is 5.92. The van der Waals surface area contributed by atoms with Crippen molar-refractivity contribution in [3.05, 3.63) is 12.7 Å². The minimum Gasteiger partial charge on any atom is -0.335 e. The van der Waals surface area contributed by atoms with Gasteiger partial charge in [0.1, 0.15) is 0 Å². The van der Waals surface area contributed by atoms with E-state index in [1.54, 1.807) is 0 Å². The van der Waals surface area contributed by atoms with Crippen LogP contribution in [0, 0.1) is 12.7 Å². The molecule has 0 N–H and O–H groups in total. The van der Waals surface area contributed by atoms with Crippen molar-refractivity contribution >= 4 is 11.1 Å². The van der Waals surface area contributed by atoms with Gasteiger partial charge >= 0.3 is 21.1 Å². The minimum atomic E-state index is -1.32. The predicted molar refractivity (Wildman–Crippen MR) is 36.2 cm³/mol. The molecule has 0 fully saturated rings. The van der Waals surface area contributed by atoms with E-state index in [0.717, 1.165) is 0 Å². The van der Waals surface area contributed by atoms with Gasteiger partial charge in [0.15, 0.2) is 0 Å². The summed E-state index contributed by atoms with van der Waals surface area (Å²) in [6.45, 7) is 4.00. The second kappa shape index (κ2) is 15.9. The third-order valence-electron chi connectivity index (χ3n) is 0.186. The average molecular weight is 320 g/mol. The van der Waals surface area contributed by atoms with Crippen molar-refractivity contribution in [3.63, 3.8) is 0 Å². The van der Waals surface area contributed by atoms with E-state index in [2.05, 4.69) is 10.4 Å². The summed E-state index contributed by atoms with van der Waals surface area (Å²) in [6, 6.07) is 0. The first-order chi connectivity index (χ1) is 3.68. The van der Waals surface area contributed by atoms with Gasteiger partial charge < -0.3 is 10.6 Å². The van der Waals surface area contributed by atoms with Crippen LogP contribution in [0.25, 0.3) is 0 Å². The van der Waals surface area contributed by atoms with Crippen LogP contribution in [0.5, 0.6) is 0 Å². The molecule has 0 heterocycles. The van der Waals surface area contributed by atoms with E-state index in [0.29, 0.717) is 0 Å². The summed E-state index contributed by atoms with van der Waals surface area (Å²) in [5, 5.41) is 0. The van der Waals surface area contributed by atoms with Gasteiger partial charge in [-0.3, -0.25) is 4.21 Å². The van der Waals surface area contributed by atoms with Gasteiger partial charge in [0.05, 0.1) is 0 Å². The van der Waals surface area contributed by atoms with Crippen molar-refractivity contribution in [3.8, 4) is 0 Å². The van der Waals surface area contributed by atoms with E-state index >= 15 is 0 Å². The molecule has 0 radical (unpaired) electrons. The topological polar surface area (TPSA) is 26.3 Å². The van der Waals surface area contributed by atoms with E-state index in [1.165, 1.54) is 7.11 Å². The molecule has 4 heteroatoms. The molecule has 1 atom stereocenters. The molecule has 0 aliphatic carbocycles. The van der Waals surface area contributed by atoms with Crippen LogP contribution >= 0.6 is 0 Å². The quantitative estimate of drug-likeness (QED) is 0.681. The third-order valence-corrected chi connectivity index (χ3v) is 0.558. The second-order valence-corrected chi connectivity index (χ2v) is 1.99. The smallest absolute Gasteiger partial charge is 0.335 e. The Labute approximate surface area is 74.3 Å². The maximum absolute atomic E-state index is 9.59. The predicted octanol–water partition coefficient (Wildman–Crippen LogP) is 1.32. The van der Waals surface area contributed by atoms with Gasteiger partial charge in [0, 0.05) is 7.11 Å². The molecule has 0 aromatic carbocycles. The van der Waals surface area contributed by atoms with Gasteiger partial charge in [-0.15, -0.1) is 0 Å². The molecule has 0 bridgehead atoms. The van der Waals surface area contributed by atoms with Crippen LogP contribution in [0.2, 0.25) is 0 Å². The standard InChI is InChI=1S/C3H7.C2H5O2S.W/c1-3-2;1-4-5(2)3;/h3H,1-2H3;2H2,1H3;/q2*-1;+2. The van der Waals surface area contributed by atoms with Crippen molar-refractivity contribution in [1.29, 1.82) is 0 Å². The molecule has 0 spiro atoms. The molecule has 0 aliphatic rings. The van der Waals surface area contributed by atoms with Crippen LogP contribution in [-0.4, -0.2) is 11.3 Å². The minimum absolute atomic E-state index is 0. The maximum atomic E-state index is 9.59. The van der Waals surface area contributed by atoms with Gasteiger partial charge in [-0.2, -0.15) is 13.8 Å². The first kappa shape index (κ1) is 16.4. The zero-order chi connectivity index (χ0) is 6.99. The summed E-state index contributed by atoms with van der Waals surface area (Å²) in [7, 11) is 1.34. The van der Waals surface area contributed by atoms with Crippen LogP contribution in [-0.2, 0) is 36.3 Å². The molecule has 0 aromatic rings. The van der Waals surface area contributed by atoms with Gasteiger partial charge in [0.2, 0.25) is 0 Å². The van der Waals surface area contributed by atoms with E-state index in [1.807, 2.05) is 20.3 Å². The Hall–Kier alpha value is 0.798. The molecule has 0 saturated heterocycles. The van der Waals surface area contributed by atoms with E-state index in [9.17, 15) is 4.21 Å². The molecule has 0 rings (SSSR count). The Morgan fingerprint density at radius 1 is 1.56 bits per heavy atom. The monoisotopic (exact) mass is 320 g/mol. The molecule has 9 heavy (non-hydrogen) atoms. The normalized spacial score (nSPS) is 10.2. The van der Waals surface area contributed by atoms with Crippen molar-refractivity contribution in [2.24, 2.45) is 0 Å². The molecule has 0 amide bonds. The SMILES string of the molecule is C[CH-]C.[CH2-]S(=O)OC.[W+2]. The van der Waals surface area contributed by atoms with E-state index in [-0.39, 0.29) is 21.1 Å². The van der Waals surface area contributed by atoms with Crippen molar-refractivity contribution in [2.45, 2.75) is 13.8 Å². The van der Waals surface area contributed by atoms with Crippen molar-refractivity contribution in [2.75, 3.05) is 7.11 Å². The Balaban J connectivity index is -0.0000000800. The number of hydrogen-bond acceptors (Lipinski definition) is 2. The largest absolute Gasteiger partial charge is 2.00 e. The number of rotatable bonds is 1. The summed E-state index contributed by atoms with van der Waals surface area (Å²) < 4.78 is 13.7. The molecule has 0 aromatic heterocycles. The summed E-state index contributed by atoms with van der Waals surface area (Å²) >= 11 is -1.32. The molecule has 0 saturated carbocycles.